The number of hydrogen-bond donors (Lipinski definition) is 1. The average molecular weight is 257 g/mol. The molecule has 0 spiro atoms. The van der Waals surface area contributed by atoms with Gasteiger partial charge in [0, 0.05) is 26.0 Å². The minimum Gasteiger partial charge on any atom is -0.359 e. The van der Waals surface area contributed by atoms with Crippen LogP contribution in [-0.4, -0.2) is 41.6 Å². The molecule has 100 valence electrons. The first-order valence-corrected chi connectivity index (χ1v) is 6.82. The summed E-state index contributed by atoms with van der Waals surface area (Å²) in [5.41, 5.74) is 1.57. The van der Waals surface area contributed by atoms with Gasteiger partial charge < -0.3 is 10.2 Å². The van der Waals surface area contributed by atoms with E-state index in [1.54, 1.807) is 12.4 Å². The van der Waals surface area contributed by atoms with E-state index in [9.17, 15) is 0 Å². The lowest BCUT2D eigenvalue weighted by Gasteiger charge is -2.28. The molecule has 1 fully saturated rings. The molecule has 1 aliphatic rings. The fraction of sp³-hybridized carbons (Fsp3) is 0.500. The summed E-state index contributed by atoms with van der Waals surface area (Å²) >= 11 is 0. The lowest BCUT2D eigenvalue weighted by atomic mass is 9.98. The van der Waals surface area contributed by atoms with Gasteiger partial charge in [-0.3, -0.25) is 4.98 Å². The highest BCUT2D eigenvalue weighted by atomic mass is 15.2. The minimum absolute atomic E-state index is 0.720. The van der Waals surface area contributed by atoms with E-state index in [1.165, 1.54) is 12.8 Å². The third kappa shape index (κ3) is 2.81. The average Bonchev–Trinajstić information content (AvgIpc) is 2.48. The van der Waals surface area contributed by atoms with Crippen LogP contribution in [0.4, 0.5) is 5.82 Å². The number of aromatic nitrogens is 3. The molecule has 0 unspecified atom stereocenters. The molecule has 2 aromatic heterocycles. The number of hydrogen-bond acceptors (Lipinski definition) is 5. The molecule has 5 heteroatoms. The Morgan fingerprint density at radius 1 is 1.21 bits per heavy atom. The molecule has 3 heterocycles. The summed E-state index contributed by atoms with van der Waals surface area (Å²) < 4.78 is 0. The standard InChI is InChI=1S/C14H19N5/c1-19(10-11-4-6-15-7-5-11)13-3-2-12-14(18-13)17-9-8-16-12/h2-3,8-9,11,15H,4-7,10H2,1H3. The van der Waals surface area contributed by atoms with Gasteiger partial charge in [0.05, 0.1) is 0 Å². The second kappa shape index (κ2) is 5.48. The maximum absolute atomic E-state index is 4.58. The Bertz CT molecular complexity index is 550. The Balaban J connectivity index is 1.75. The van der Waals surface area contributed by atoms with Crippen molar-refractivity contribution < 1.29 is 0 Å². The van der Waals surface area contributed by atoms with Crippen molar-refractivity contribution in [1.29, 1.82) is 0 Å². The molecule has 5 nitrogen and oxygen atoms in total. The smallest absolute Gasteiger partial charge is 0.180 e. The topological polar surface area (TPSA) is 53.9 Å². The quantitative estimate of drug-likeness (QED) is 0.902. The summed E-state index contributed by atoms with van der Waals surface area (Å²) in [6.07, 6.45) is 5.88. The third-order valence-electron chi connectivity index (χ3n) is 3.70. The van der Waals surface area contributed by atoms with Gasteiger partial charge in [0.2, 0.25) is 0 Å². The lowest BCUT2D eigenvalue weighted by molar-refractivity contribution is 0.377. The predicted molar refractivity (Wildman–Crippen MR) is 76.2 cm³/mol. The van der Waals surface area contributed by atoms with E-state index < -0.39 is 0 Å². The highest BCUT2D eigenvalue weighted by molar-refractivity contribution is 5.71. The molecule has 0 aromatic carbocycles. The van der Waals surface area contributed by atoms with E-state index in [1.807, 2.05) is 12.1 Å². The molecule has 0 aliphatic carbocycles. The van der Waals surface area contributed by atoms with Crippen molar-refractivity contribution in [3.05, 3.63) is 24.5 Å². The number of fused-ring (bicyclic) bond motifs is 1. The third-order valence-corrected chi connectivity index (χ3v) is 3.70. The van der Waals surface area contributed by atoms with Gasteiger partial charge in [0.15, 0.2) is 5.65 Å². The first-order valence-electron chi connectivity index (χ1n) is 6.82. The van der Waals surface area contributed by atoms with Gasteiger partial charge in [0.1, 0.15) is 11.3 Å². The second-order valence-corrected chi connectivity index (χ2v) is 5.14. The largest absolute Gasteiger partial charge is 0.359 e. The van der Waals surface area contributed by atoms with Gasteiger partial charge in [-0.05, 0) is 44.0 Å². The first-order chi connectivity index (χ1) is 9.33. The van der Waals surface area contributed by atoms with Crippen LogP contribution in [0.15, 0.2) is 24.5 Å². The normalized spacial score (nSPS) is 16.7. The molecule has 0 radical (unpaired) electrons. The second-order valence-electron chi connectivity index (χ2n) is 5.14. The zero-order chi connectivity index (χ0) is 13.1. The number of rotatable bonds is 3. The van der Waals surface area contributed by atoms with E-state index in [0.29, 0.717) is 0 Å². The van der Waals surface area contributed by atoms with Gasteiger partial charge in [-0.1, -0.05) is 0 Å². The van der Waals surface area contributed by atoms with Crippen LogP contribution in [0, 0.1) is 5.92 Å². The number of nitrogens with one attached hydrogen (secondary N) is 1. The predicted octanol–water partition coefficient (Wildman–Crippen LogP) is 1.46. The number of nitrogens with zero attached hydrogens (tertiary/aromatic N) is 4. The van der Waals surface area contributed by atoms with E-state index in [4.69, 9.17) is 0 Å². The molecule has 0 bridgehead atoms. The van der Waals surface area contributed by atoms with Crippen molar-refractivity contribution in [2.24, 2.45) is 5.92 Å². The molecule has 0 saturated carbocycles. The Labute approximate surface area is 113 Å². The summed E-state index contributed by atoms with van der Waals surface area (Å²) in [6, 6.07) is 4.02. The monoisotopic (exact) mass is 257 g/mol. The zero-order valence-corrected chi connectivity index (χ0v) is 11.2. The first kappa shape index (κ1) is 12.3. The van der Waals surface area contributed by atoms with Gasteiger partial charge in [0.25, 0.3) is 0 Å². The SMILES string of the molecule is CN(CC1CCNCC1)c1ccc2nccnc2n1. The highest BCUT2D eigenvalue weighted by Gasteiger charge is 2.16. The van der Waals surface area contributed by atoms with Crippen molar-refractivity contribution in [2.45, 2.75) is 12.8 Å². The maximum atomic E-state index is 4.58. The van der Waals surface area contributed by atoms with E-state index >= 15 is 0 Å². The van der Waals surface area contributed by atoms with E-state index in [0.717, 1.165) is 42.5 Å². The van der Waals surface area contributed by atoms with Gasteiger partial charge in [-0.15, -0.1) is 0 Å². The summed E-state index contributed by atoms with van der Waals surface area (Å²) in [5.74, 6) is 1.73. The minimum atomic E-state index is 0.720. The molecule has 0 atom stereocenters. The molecule has 3 rings (SSSR count). The Morgan fingerprint density at radius 3 is 2.84 bits per heavy atom. The van der Waals surface area contributed by atoms with Gasteiger partial charge in [-0.2, -0.15) is 0 Å². The van der Waals surface area contributed by atoms with Crippen LogP contribution < -0.4 is 10.2 Å². The highest BCUT2D eigenvalue weighted by Crippen LogP contribution is 2.18. The fourth-order valence-corrected chi connectivity index (χ4v) is 2.60. The van der Waals surface area contributed by atoms with Crippen LogP contribution in [0.25, 0.3) is 11.2 Å². The van der Waals surface area contributed by atoms with Crippen LogP contribution in [0.2, 0.25) is 0 Å². The number of pyridine rings is 1. The van der Waals surface area contributed by atoms with Crippen LogP contribution >= 0.6 is 0 Å². The summed E-state index contributed by atoms with van der Waals surface area (Å²) in [4.78, 5) is 15.3. The van der Waals surface area contributed by atoms with Crippen molar-refractivity contribution in [3.63, 3.8) is 0 Å². The molecular formula is C14H19N5. The summed E-state index contributed by atoms with van der Waals surface area (Å²) in [6.45, 7) is 3.32. The van der Waals surface area contributed by atoms with Crippen LogP contribution in [-0.2, 0) is 0 Å². The Kier molecular flexibility index (Phi) is 3.55. The van der Waals surface area contributed by atoms with Gasteiger partial charge >= 0.3 is 0 Å². The van der Waals surface area contributed by atoms with Crippen LogP contribution in [0.1, 0.15) is 12.8 Å². The number of piperidine rings is 1. The van der Waals surface area contributed by atoms with Crippen molar-refractivity contribution >= 4 is 17.0 Å². The number of anilines is 1. The molecule has 19 heavy (non-hydrogen) atoms. The Hall–Kier alpha value is -1.75. The van der Waals surface area contributed by atoms with E-state index in [-0.39, 0.29) is 0 Å². The van der Waals surface area contributed by atoms with Crippen molar-refractivity contribution in [3.8, 4) is 0 Å². The van der Waals surface area contributed by atoms with Crippen molar-refractivity contribution in [2.75, 3.05) is 31.6 Å². The van der Waals surface area contributed by atoms with E-state index in [2.05, 4.69) is 32.2 Å². The molecule has 2 aromatic rings. The summed E-state index contributed by atoms with van der Waals surface area (Å²) in [5, 5.41) is 3.40. The molecular weight excluding hydrogens is 238 g/mol. The van der Waals surface area contributed by atoms with Crippen LogP contribution in [0.5, 0.6) is 0 Å². The van der Waals surface area contributed by atoms with Gasteiger partial charge in [-0.25, -0.2) is 9.97 Å². The maximum Gasteiger partial charge on any atom is 0.180 e. The Morgan fingerprint density at radius 2 is 2.00 bits per heavy atom. The van der Waals surface area contributed by atoms with Crippen LogP contribution in [0.3, 0.4) is 0 Å². The zero-order valence-electron chi connectivity index (χ0n) is 11.2. The molecule has 1 N–H and O–H groups in total. The molecule has 0 amide bonds. The van der Waals surface area contributed by atoms with Crippen molar-refractivity contribution in [1.82, 2.24) is 20.3 Å². The fourth-order valence-electron chi connectivity index (χ4n) is 2.60. The molecule has 1 saturated heterocycles. The molecule has 1 aliphatic heterocycles. The summed E-state index contributed by atoms with van der Waals surface area (Å²) in [7, 11) is 2.10. The lowest BCUT2D eigenvalue weighted by Crippen LogP contribution is -2.34.